The lowest BCUT2D eigenvalue weighted by atomic mass is 10.0. The van der Waals surface area contributed by atoms with Gasteiger partial charge in [0.25, 0.3) is 0 Å². The van der Waals surface area contributed by atoms with Crippen LogP contribution in [0.15, 0.2) is 12.2 Å². The van der Waals surface area contributed by atoms with Gasteiger partial charge in [-0.05, 0) is 33.1 Å². The number of quaternary nitrogens is 1. The largest absolute Gasteiger partial charge is 0.550 e. The normalized spacial score (nSPS) is 15.8. The molecule has 0 spiro atoms. The molecule has 0 aromatic heterocycles. The SMILES string of the molecule is CCCCCCCCCCCCC/C=C/CCC[N+](CC(C)C(=O)[O-])(CC(C)C(=O)O)CC(C)C(=O)O. The first-order valence-electron chi connectivity index (χ1n) is 14.7. The van der Waals surface area contributed by atoms with Crippen LogP contribution >= 0.6 is 0 Å². The Hall–Kier alpha value is -1.89. The van der Waals surface area contributed by atoms with Crippen LogP contribution in [0.4, 0.5) is 0 Å². The number of carboxylic acids is 3. The van der Waals surface area contributed by atoms with Crippen molar-refractivity contribution in [3.8, 4) is 0 Å². The number of hydrogen-bond donors (Lipinski definition) is 2. The van der Waals surface area contributed by atoms with Crippen molar-refractivity contribution in [2.45, 2.75) is 118 Å². The second-order valence-corrected chi connectivity index (χ2v) is 11.2. The van der Waals surface area contributed by atoms with Gasteiger partial charge >= 0.3 is 11.9 Å². The van der Waals surface area contributed by atoms with Gasteiger partial charge in [0.05, 0.1) is 26.2 Å². The number of nitrogens with zero attached hydrogens (tertiary/aromatic N) is 1. The monoisotopic (exact) mass is 525 g/mol. The standard InChI is InChI=1S/C30H55NO6/c1-5-6-7-8-9-10-11-12-13-14-15-16-17-18-19-20-21-31(22-25(2)28(32)33,23-26(3)29(34)35)24-27(4)30(36)37/h17-18,25-27H,5-16,19-24H2,1-4H3,(H2-,32,33,34,35,36,37)/b18-17+. The fourth-order valence-electron chi connectivity index (χ4n) is 5.18. The van der Waals surface area contributed by atoms with E-state index in [0.717, 1.165) is 19.3 Å². The summed E-state index contributed by atoms with van der Waals surface area (Å²) in [6.07, 6.45) is 21.5. The molecule has 0 radical (unpaired) electrons. The van der Waals surface area contributed by atoms with Gasteiger partial charge in [0.2, 0.25) is 0 Å². The molecule has 2 N–H and O–H groups in total. The van der Waals surface area contributed by atoms with Crippen molar-refractivity contribution in [2.75, 3.05) is 26.2 Å². The molecule has 0 aliphatic carbocycles. The number of allylic oxidation sites excluding steroid dienone is 2. The second-order valence-electron chi connectivity index (χ2n) is 11.2. The molecule has 0 aromatic rings. The molecular formula is C30H55NO6. The lowest BCUT2D eigenvalue weighted by Crippen LogP contribution is -2.58. The summed E-state index contributed by atoms with van der Waals surface area (Å²) in [5.74, 6) is -5.31. The van der Waals surface area contributed by atoms with Gasteiger partial charge in [-0.25, -0.2) is 0 Å². The first-order chi connectivity index (χ1) is 17.5. The Morgan fingerprint density at radius 1 is 0.649 bits per heavy atom. The maximum Gasteiger partial charge on any atom is 0.311 e. The Morgan fingerprint density at radius 2 is 1.03 bits per heavy atom. The van der Waals surface area contributed by atoms with Crippen molar-refractivity contribution in [3.63, 3.8) is 0 Å². The predicted octanol–water partition coefficient (Wildman–Crippen LogP) is 5.67. The van der Waals surface area contributed by atoms with Gasteiger partial charge in [-0.1, -0.05) is 90.2 Å². The van der Waals surface area contributed by atoms with Crippen LogP contribution in [0.2, 0.25) is 0 Å². The van der Waals surface area contributed by atoms with E-state index in [0.29, 0.717) is 6.54 Å². The highest BCUT2D eigenvalue weighted by Gasteiger charge is 2.36. The Kier molecular flexibility index (Phi) is 20.0. The highest BCUT2D eigenvalue weighted by atomic mass is 16.4. The predicted molar refractivity (Wildman–Crippen MR) is 147 cm³/mol. The van der Waals surface area contributed by atoms with Gasteiger partial charge in [0.15, 0.2) is 0 Å². The Labute approximate surface area is 225 Å². The van der Waals surface area contributed by atoms with Crippen molar-refractivity contribution in [2.24, 2.45) is 17.8 Å². The topological polar surface area (TPSA) is 115 Å². The minimum Gasteiger partial charge on any atom is -0.550 e. The lowest BCUT2D eigenvalue weighted by Gasteiger charge is -2.43. The van der Waals surface area contributed by atoms with E-state index in [4.69, 9.17) is 0 Å². The molecule has 0 amide bonds. The molecule has 3 unspecified atom stereocenters. The highest BCUT2D eigenvalue weighted by molar-refractivity contribution is 5.70. The third-order valence-corrected chi connectivity index (χ3v) is 7.37. The van der Waals surface area contributed by atoms with Gasteiger partial charge in [0, 0.05) is 18.3 Å². The Bertz CT molecular complexity index is 607. The molecule has 7 nitrogen and oxygen atoms in total. The maximum absolute atomic E-state index is 11.6. The summed E-state index contributed by atoms with van der Waals surface area (Å²) in [7, 11) is 0. The van der Waals surface area contributed by atoms with E-state index < -0.39 is 35.7 Å². The third kappa shape index (κ3) is 18.1. The van der Waals surface area contributed by atoms with Crippen LogP contribution in [-0.4, -0.2) is 58.8 Å². The van der Waals surface area contributed by atoms with Crippen LogP contribution in [-0.2, 0) is 14.4 Å². The van der Waals surface area contributed by atoms with Crippen LogP contribution in [0, 0.1) is 17.8 Å². The third-order valence-electron chi connectivity index (χ3n) is 7.37. The number of unbranched alkanes of at least 4 members (excludes halogenated alkanes) is 12. The summed E-state index contributed by atoms with van der Waals surface area (Å²) in [5.41, 5.74) is 0. The number of carboxylic acid groups (broad SMARTS) is 3. The molecule has 0 rings (SSSR count). The van der Waals surface area contributed by atoms with Gasteiger partial charge in [-0.3, -0.25) is 9.59 Å². The average Bonchev–Trinajstić information content (AvgIpc) is 2.83. The molecule has 3 atom stereocenters. The van der Waals surface area contributed by atoms with Crippen molar-refractivity contribution in [3.05, 3.63) is 12.2 Å². The van der Waals surface area contributed by atoms with Crippen LogP contribution < -0.4 is 5.11 Å². The molecule has 0 heterocycles. The molecule has 0 aliphatic rings. The molecule has 0 saturated heterocycles. The van der Waals surface area contributed by atoms with Crippen molar-refractivity contribution in [1.82, 2.24) is 0 Å². The zero-order valence-corrected chi connectivity index (χ0v) is 24.1. The summed E-state index contributed by atoms with van der Waals surface area (Å²) in [5, 5.41) is 30.4. The minimum absolute atomic E-state index is 0.155. The molecule has 0 aliphatic heterocycles. The smallest absolute Gasteiger partial charge is 0.311 e. The van der Waals surface area contributed by atoms with E-state index in [1.807, 2.05) is 0 Å². The number of hydrogen-bond acceptors (Lipinski definition) is 4. The zero-order valence-electron chi connectivity index (χ0n) is 24.1. The van der Waals surface area contributed by atoms with Gasteiger partial charge in [0.1, 0.15) is 11.8 Å². The van der Waals surface area contributed by atoms with Crippen LogP contribution in [0.1, 0.15) is 118 Å². The van der Waals surface area contributed by atoms with Crippen molar-refractivity contribution >= 4 is 17.9 Å². The first-order valence-corrected chi connectivity index (χ1v) is 14.7. The molecule has 0 aromatic carbocycles. The van der Waals surface area contributed by atoms with E-state index >= 15 is 0 Å². The van der Waals surface area contributed by atoms with Gasteiger partial charge < -0.3 is 24.6 Å². The summed E-state index contributed by atoms with van der Waals surface area (Å²) >= 11 is 0. The number of aliphatic carboxylic acids is 3. The summed E-state index contributed by atoms with van der Waals surface area (Å²) in [4.78, 5) is 34.6. The summed E-state index contributed by atoms with van der Waals surface area (Å²) in [6, 6.07) is 0. The average molecular weight is 526 g/mol. The van der Waals surface area contributed by atoms with Crippen molar-refractivity contribution in [1.29, 1.82) is 0 Å². The van der Waals surface area contributed by atoms with E-state index in [1.165, 1.54) is 70.6 Å². The van der Waals surface area contributed by atoms with Crippen molar-refractivity contribution < 1.29 is 34.2 Å². The second kappa shape index (κ2) is 21.1. The lowest BCUT2D eigenvalue weighted by molar-refractivity contribution is -0.934. The Balaban J connectivity index is 4.58. The fourth-order valence-corrected chi connectivity index (χ4v) is 5.18. The van der Waals surface area contributed by atoms with Crippen LogP contribution in [0.25, 0.3) is 0 Å². The molecule has 37 heavy (non-hydrogen) atoms. The zero-order chi connectivity index (χ0) is 28.1. The molecule has 0 bridgehead atoms. The number of rotatable bonds is 25. The van der Waals surface area contributed by atoms with E-state index in [-0.39, 0.29) is 24.1 Å². The number of carbonyl (C=O) groups excluding carboxylic acids is 1. The highest BCUT2D eigenvalue weighted by Crippen LogP contribution is 2.21. The molecular weight excluding hydrogens is 470 g/mol. The fraction of sp³-hybridized carbons (Fsp3) is 0.833. The van der Waals surface area contributed by atoms with E-state index in [9.17, 15) is 29.7 Å². The molecule has 7 heteroatoms. The number of carbonyl (C=O) groups is 3. The summed E-state index contributed by atoms with van der Waals surface area (Å²) < 4.78 is 0.155. The van der Waals surface area contributed by atoms with Gasteiger partial charge in [-0.15, -0.1) is 0 Å². The first kappa shape index (κ1) is 35.1. The van der Waals surface area contributed by atoms with Gasteiger partial charge in [-0.2, -0.15) is 0 Å². The van der Waals surface area contributed by atoms with E-state index in [2.05, 4.69) is 19.1 Å². The maximum atomic E-state index is 11.6. The van der Waals surface area contributed by atoms with Crippen LogP contribution in [0.5, 0.6) is 0 Å². The summed E-state index contributed by atoms with van der Waals surface area (Å²) in [6.45, 7) is 8.10. The van der Waals surface area contributed by atoms with E-state index in [1.54, 1.807) is 20.8 Å². The molecule has 216 valence electrons. The quantitative estimate of drug-likeness (QED) is 0.0902. The Morgan fingerprint density at radius 3 is 1.43 bits per heavy atom. The molecule has 0 fully saturated rings. The van der Waals surface area contributed by atoms with Crippen LogP contribution in [0.3, 0.4) is 0 Å². The molecule has 0 saturated carbocycles. The minimum atomic E-state index is -1.19.